The third-order valence-electron chi connectivity index (χ3n) is 3.66. The van der Waals surface area contributed by atoms with Crippen molar-refractivity contribution in [3.05, 3.63) is 69.2 Å². The molecular formula is C18H17ClN4O2S. The molecule has 3 rings (SSSR count). The molecule has 0 saturated heterocycles. The van der Waals surface area contributed by atoms with E-state index in [1.165, 1.54) is 0 Å². The van der Waals surface area contributed by atoms with E-state index in [-0.39, 0.29) is 0 Å². The van der Waals surface area contributed by atoms with Gasteiger partial charge in [-0.1, -0.05) is 29.8 Å². The zero-order valence-electron chi connectivity index (χ0n) is 14.3. The van der Waals surface area contributed by atoms with Gasteiger partial charge in [0.15, 0.2) is 11.5 Å². The number of aromatic nitrogens is 3. The number of ether oxygens (including phenoxy) is 2. The van der Waals surface area contributed by atoms with E-state index in [0.717, 1.165) is 11.1 Å². The van der Waals surface area contributed by atoms with Crippen molar-refractivity contribution in [1.82, 2.24) is 14.9 Å². The second kappa shape index (κ2) is 8.16. The molecule has 0 spiro atoms. The number of benzene rings is 2. The lowest BCUT2D eigenvalue weighted by molar-refractivity contribution is 0.284. The molecule has 0 bridgehead atoms. The third-order valence-corrected chi connectivity index (χ3v) is 4.30. The number of aromatic amines is 1. The van der Waals surface area contributed by atoms with Gasteiger partial charge in [0, 0.05) is 10.6 Å². The van der Waals surface area contributed by atoms with Crippen molar-refractivity contribution in [1.29, 1.82) is 0 Å². The predicted octanol–water partition coefficient (Wildman–Crippen LogP) is 4.37. The molecule has 134 valence electrons. The molecule has 26 heavy (non-hydrogen) atoms. The molecule has 8 heteroatoms. The first-order valence-electron chi connectivity index (χ1n) is 7.81. The first kappa shape index (κ1) is 18.2. The summed E-state index contributed by atoms with van der Waals surface area (Å²) < 4.78 is 13.3. The van der Waals surface area contributed by atoms with E-state index in [4.69, 9.17) is 33.3 Å². The smallest absolute Gasteiger partial charge is 0.216 e. The van der Waals surface area contributed by atoms with E-state index in [1.54, 1.807) is 18.0 Å². The van der Waals surface area contributed by atoms with Crippen LogP contribution >= 0.6 is 23.8 Å². The van der Waals surface area contributed by atoms with Gasteiger partial charge >= 0.3 is 0 Å². The van der Waals surface area contributed by atoms with Gasteiger partial charge in [-0.25, -0.2) is 0 Å². The summed E-state index contributed by atoms with van der Waals surface area (Å²) in [5, 5.41) is 11.7. The third kappa shape index (κ3) is 4.12. The molecule has 0 atom stereocenters. The van der Waals surface area contributed by atoms with Crippen LogP contribution in [0.1, 0.15) is 17.0 Å². The van der Waals surface area contributed by atoms with Gasteiger partial charge in [0.1, 0.15) is 12.4 Å². The number of nitrogens with one attached hydrogen (secondary N) is 1. The topological polar surface area (TPSA) is 64.4 Å². The summed E-state index contributed by atoms with van der Waals surface area (Å²) in [5.41, 5.74) is 1.75. The van der Waals surface area contributed by atoms with Crippen LogP contribution in [0.3, 0.4) is 0 Å². The number of methoxy groups -OCH3 is 1. The maximum absolute atomic E-state index is 6.16. The molecule has 0 aliphatic carbocycles. The van der Waals surface area contributed by atoms with Crippen molar-refractivity contribution in [3.8, 4) is 11.5 Å². The molecule has 1 aromatic heterocycles. The summed E-state index contributed by atoms with van der Waals surface area (Å²) in [6.45, 7) is 2.17. The lowest BCUT2D eigenvalue weighted by Crippen LogP contribution is -1.99. The van der Waals surface area contributed by atoms with Crippen molar-refractivity contribution in [2.45, 2.75) is 13.5 Å². The average molecular weight is 389 g/mol. The van der Waals surface area contributed by atoms with Gasteiger partial charge in [-0.05, 0) is 49.0 Å². The van der Waals surface area contributed by atoms with E-state index in [0.29, 0.717) is 33.7 Å². The number of nitrogens with zero attached hydrogens (tertiary/aromatic N) is 3. The standard InChI is InChI=1S/C18H17ClN4O2S/c1-12-21-22-18(26)23(12)20-10-13-7-8-16(17(9-13)24-2)25-11-14-5-3-4-6-15(14)19/h3-10H,11H2,1-2H3,(H,22,26)/b20-10-. The van der Waals surface area contributed by atoms with Gasteiger partial charge in [-0.2, -0.15) is 14.9 Å². The summed E-state index contributed by atoms with van der Waals surface area (Å²) in [4.78, 5) is 0. The quantitative estimate of drug-likeness (QED) is 0.503. The molecule has 3 aromatic rings. The van der Waals surface area contributed by atoms with Crippen molar-refractivity contribution in [2.75, 3.05) is 7.11 Å². The van der Waals surface area contributed by atoms with E-state index < -0.39 is 0 Å². The van der Waals surface area contributed by atoms with Gasteiger partial charge < -0.3 is 9.47 Å². The van der Waals surface area contributed by atoms with E-state index in [1.807, 2.05) is 49.4 Å². The van der Waals surface area contributed by atoms with Crippen LogP contribution in [0.5, 0.6) is 11.5 Å². The molecule has 0 unspecified atom stereocenters. The van der Waals surface area contributed by atoms with Crippen LogP contribution in [0, 0.1) is 11.7 Å². The largest absolute Gasteiger partial charge is 0.493 e. The van der Waals surface area contributed by atoms with Gasteiger partial charge in [-0.3, -0.25) is 5.10 Å². The van der Waals surface area contributed by atoms with Gasteiger partial charge in [0.05, 0.1) is 13.3 Å². The van der Waals surface area contributed by atoms with Gasteiger partial charge in [0.25, 0.3) is 0 Å². The molecule has 1 heterocycles. The normalized spacial score (nSPS) is 11.0. The van der Waals surface area contributed by atoms with Crippen molar-refractivity contribution in [3.63, 3.8) is 0 Å². The van der Waals surface area contributed by atoms with Gasteiger partial charge in [-0.15, -0.1) is 0 Å². The second-order valence-electron chi connectivity index (χ2n) is 5.42. The molecule has 0 saturated carbocycles. The van der Waals surface area contributed by atoms with Crippen LogP contribution in [0.2, 0.25) is 5.02 Å². The Morgan fingerprint density at radius 1 is 1.27 bits per heavy atom. The van der Waals surface area contributed by atoms with Crippen LogP contribution in [-0.2, 0) is 6.61 Å². The number of H-pyrrole nitrogens is 1. The average Bonchev–Trinajstić information content (AvgIpc) is 2.97. The number of hydrogen-bond acceptors (Lipinski definition) is 5. The fourth-order valence-corrected chi connectivity index (χ4v) is 2.70. The molecule has 0 amide bonds. The van der Waals surface area contributed by atoms with Crippen molar-refractivity contribution < 1.29 is 9.47 Å². The van der Waals surface area contributed by atoms with Crippen LogP contribution in [0.25, 0.3) is 0 Å². The van der Waals surface area contributed by atoms with Crippen molar-refractivity contribution >= 4 is 30.0 Å². The SMILES string of the molecule is COc1cc(/C=N\n2c(C)n[nH]c2=S)ccc1OCc1ccccc1Cl. The molecule has 0 radical (unpaired) electrons. The minimum absolute atomic E-state index is 0.354. The highest BCUT2D eigenvalue weighted by Crippen LogP contribution is 2.29. The Balaban J connectivity index is 1.77. The van der Waals surface area contributed by atoms with E-state index in [9.17, 15) is 0 Å². The summed E-state index contributed by atoms with van der Waals surface area (Å²) in [5.74, 6) is 1.91. The first-order chi connectivity index (χ1) is 12.6. The Hall–Kier alpha value is -2.64. The Morgan fingerprint density at radius 3 is 2.77 bits per heavy atom. The molecule has 6 nitrogen and oxygen atoms in total. The number of hydrogen-bond donors (Lipinski definition) is 1. The van der Waals surface area contributed by atoms with Crippen LogP contribution in [0.4, 0.5) is 0 Å². The van der Waals surface area contributed by atoms with E-state index in [2.05, 4.69) is 15.3 Å². The highest BCUT2D eigenvalue weighted by molar-refractivity contribution is 7.71. The van der Waals surface area contributed by atoms with E-state index >= 15 is 0 Å². The molecule has 1 N–H and O–H groups in total. The Morgan fingerprint density at radius 2 is 2.08 bits per heavy atom. The molecule has 0 aliphatic rings. The Bertz CT molecular complexity index is 997. The van der Waals surface area contributed by atoms with Crippen molar-refractivity contribution in [2.24, 2.45) is 5.10 Å². The number of halogens is 1. The predicted molar refractivity (Wildman–Crippen MR) is 104 cm³/mol. The minimum atomic E-state index is 0.354. The zero-order valence-corrected chi connectivity index (χ0v) is 15.8. The van der Waals surface area contributed by atoms with Gasteiger partial charge in [0.2, 0.25) is 4.77 Å². The monoisotopic (exact) mass is 388 g/mol. The number of rotatable bonds is 6. The summed E-state index contributed by atoms with van der Waals surface area (Å²) in [6.07, 6.45) is 1.68. The van der Waals surface area contributed by atoms with Crippen LogP contribution < -0.4 is 9.47 Å². The summed E-state index contributed by atoms with van der Waals surface area (Å²) in [7, 11) is 1.59. The minimum Gasteiger partial charge on any atom is -0.493 e. The first-order valence-corrected chi connectivity index (χ1v) is 8.59. The molecule has 2 aromatic carbocycles. The fourth-order valence-electron chi connectivity index (χ4n) is 2.29. The maximum Gasteiger partial charge on any atom is 0.216 e. The Kier molecular flexibility index (Phi) is 5.70. The molecular weight excluding hydrogens is 372 g/mol. The lowest BCUT2D eigenvalue weighted by atomic mass is 10.2. The maximum atomic E-state index is 6.16. The summed E-state index contributed by atoms with van der Waals surface area (Å²) >= 11 is 11.3. The van der Waals surface area contributed by atoms with Crippen LogP contribution in [-0.4, -0.2) is 28.2 Å². The molecule has 0 fully saturated rings. The fraction of sp³-hybridized carbons (Fsp3) is 0.167. The highest BCUT2D eigenvalue weighted by Gasteiger charge is 2.07. The molecule has 0 aliphatic heterocycles. The number of aryl methyl sites for hydroxylation is 1. The second-order valence-corrected chi connectivity index (χ2v) is 6.22. The summed E-state index contributed by atoms with van der Waals surface area (Å²) in [6, 6.07) is 13.1. The Labute approximate surface area is 161 Å². The van der Waals surface area contributed by atoms with Crippen LogP contribution in [0.15, 0.2) is 47.6 Å². The highest BCUT2D eigenvalue weighted by atomic mass is 35.5. The lowest BCUT2D eigenvalue weighted by Gasteiger charge is -2.12. The zero-order chi connectivity index (χ0) is 18.5.